The van der Waals surface area contributed by atoms with Crippen molar-refractivity contribution in [1.82, 2.24) is 0 Å². The number of rotatable bonds is 3. The fourth-order valence-electron chi connectivity index (χ4n) is 1.53. The molecule has 0 amide bonds. The molecule has 7 heteroatoms. The van der Waals surface area contributed by atoms with E-state index in [9.17, 15) is 13.2 Å². The van der Waals surface area contributed by atoms with Gasteiger partial charge in [0.1, 0.15) is 6.10 Å². The molecule has 1 aliphatic rings. The van der Waals surface area contributed by atoms with Crippen LogP contribution in [0, 0.1) is 0 Å². The highest BCUT2D eigenvalue weighted by Crippen LogP contribution is 2.26. The van der Waals surface area contributed by atoms with Gasteiger partial charge < -0.3 is 4.74 Å². The summed E-state index contributed by atoms with van der Waals surface area (Å²) < 4.78 is 28.1. The predicted molar refractivity (Wildman–Crippen MR) is 70.2 cm³/mol. The minimum absolute atomic E-state index is 0.0486. The Morgan fingerprint density at radius 1 is 1.33 bits per heavy atom. The summed E-state index contributed by atoms with van der Waals surface area (Å²) in [6.45, 7) is 0. The number of hydrogen-bond donors (Lipinski definition) is 0. The normalized spacial score (nSPS) is 16.1. The van der Waals surface area contributed by atoms with Crippen LogP contribution in [0.2, 0.25) is 0 Å². The zero-order valence-corrected chi connectivity index (χ0v) is 12.4. The molecule has 0 bridgehead atoms. The van der Waals surface area contributed by atoms with Crippen LogP contribution < -0.4 is 0 Å². The van der Waals surface area contributed by atoms with Crippen molar-refractivity contribution in [1.29, 1.82) is 0 Å². The number of carbonyl (C=O) groups is 1. The van der Waals surface area contributed by atoms with E-state index < -0.39 is 15.0 Å². The lowest BCUT2D eigenvalue weighted by Gasteiger charge is -2.25. The van der Waals surface area contributed by atoms with Gasteiger partial charge in [-0.25, -0.2) is 13.2 Å². The molecule has 1 aromatic carbocycles. The number of ether oxygens (including phenoxy) is 1. The van der Waals surface area contributed by atoms with Gasteiger partial charge in [0, 0.05) is 15.2 Å². The van der Waals surface area contributed by atoms with Crippen molar-refractivity contribution in [2.45, 2.75) is 30.3 Å². The van der Waals surface area contributed by atoms with E-state index in [0.717, 1.165) is 19.3 Å². The Morgan fingerprint density at radius 3 is 2.50 bits per heavy atom. The Hall–Kier alpha value is -0.590. The minimum Gasteiger partial charge on any atom is -0.459 e. The third kappa shape index (κ3) is 3.24. The van der Waals surface area contributed by atoms with Crippen LogP contribution in [0.3, 0.4) is 0 Å². The van der Waals surface area contributed by atoms with Gasteiger partial charge in [-0.3, -0.25) is 0 Å². The molecule has 0 aromatic heterocycles. The lowest BCUT2D eigenvalue weighted by Crippen LogP contribution is -2.25. The molecule has 4 nitrogen and oxygen atoms in total. The second-order valence-electron chi connectivity index (χ2n) is 4.07. The minimum atomic E-state index is -3.87. The van der Waals surface area contributed by atoms with Crippen molar-refractivity contribution in [2.24, 2.45) is 0 Å². The Morgan fingerprint density at radius 2 is 2.00 bits per heavy atom. The van der Waals surface area contributed by atoms with Crippen molar-refractivity contribution in [3.8, 4) is 0 Å². The predicted octanol–water partition coefficient (Wildman–Crippen LogP) is 3.09. The average Bonchev–Trinajstić information content (AvgIpc) is 2.21. The van der Waals surface area contributed by atoms with Crippen molar-refractivity contribution in [3.05, 3.63) is 28.2 Å². The van der Waals surface area contributed by atoms with Crippen LogP contribution in [0.5, 0.6) is 0 Å². The van der Waals surface area contributed by atoms with Crippen molar-refractivity contribution in [3.63, 3.8) is 0 Å². The molecule has 0 heterocycles. The molecule has 0 aliphatic heterocycles. The van der Waals surface area contributed by atoms with Crippen LogP contribution in [0.25, 0.3) is 0 Å². The van der Waals surface area contributed by atoms with Gasteiger partial charge in [0.25, 0.3) is 9.05 Å². The summed E-state index contributed by atoms with van der Waals surface area (Å²) >= 11 is 3.14. The third-order valence-electron chi connectivity index (χ3n) is 2.71. The van der Waals surface area contributed by atoms with Crippen molar-refractivity contribution < 1.29 is 17.9 Å². The standard InChI is InChI=1S/C11H10BrClO4S/c12-8-4-7(5-10(6-8)18(13,15)16)11(14)17-9-2-1-3-9/h4-6,9H,1-3H2. The first kappa shape index (κ1) is 13.8. The van der Waals surface area contributed by atoms with E-state index in [2.05, 4.69) is 15.9 Å². The fraction of sp³-hybridized carbons (Fsp3) is 0.364. The molecule has 0 saturated heterocycles. The topological polar surface area (TPSA) is 60.4 Å². The highest BCUT2D eigenvalue weighted by Gasteiger charge is 2.23. The van der Waals surface area contributed by atoms with E-state index >= 15 is 0 Å². The second-order valence-corrected chi connectivity index (χ2v) is 7.55. The summed E-state index contributed by atoms with van der Waals surface area (Å²) in [5.41, 5.74) is 0.176. The number of hydrogen-bond acceptors (Lipinski definition) is 4. The molecule has 1 aliphatic carbocycles. The van der Waals surface area contributed by atoms with E-state index in [1.54, 1.807) is 0 Å². The quantitative estimate of drug-likeness (QED) is 0.619. The maximum Gasteiger partial charge on any atom is 0.338 e. The average molecular weight is 354 g/mol. The van der Waals surface area contributed by atoms with E-state index in [-0.39, 0.29) is 16.6 Å². The highest BCUT2D eigenvalue weighted by molar-refractivity contribution is 9.10. The summed E-state index contributed by atoms with van der Waals surface area (Å²) in [6, 6.07) is 4.06. The van der Waals surface area contributed by atoms with Crippen LogP contribution in [-0.2, 0) is 13.8 Å². The molecule has 0 radical (unpaired) electrons. The molecule has 1 fully saturated rings. The van der Waals surface area contributed by atoms with E-state index in [1.165, 1.54) is 18.2 Å². The second kappa shape index (κ2) is 5.19. The van der Waals surface area contributed by atoms with Gasteiger partial charge in [0.15, 0.2) is 0 Å². The Labute approximate surface area is 118 Å². The monoisotopic (exact) mass is 352 g/mol. The number of benzene rings is 1. The largest absolute Gasteiger partial charge is 0.459 e. The fourth-order valence-corrected chi connectivity index (χ4v) is 2.98. The van der Waals surface area contributed by atoms with Gasteiger partial charge in [-0.1, -0.05) is 15.9 Å². The van der Waals surface area contributed by atoms with E-state index in [4.69, 9.17) is 15.4 Å². The molecule has 18 heavy (non-hydrogen) atoms. The Balaban J connectivity index is 2.27. The molecule has 1 saturated carbocycles. The summed E-state index contributed by atoms with van der Waals surface area (Å²) in [4.78, 5) is 11.7. The zero-order valence-electron chi connectivity index (χ0n) is 9.23. The molecular formula is C11H10BrClO4S. The number of esters is 1. The first-order chi connectivity index (χ1) is 8.36. The molecule has 1 aromatic rings. The molecule has 0 N–H and O–H groups in total. The van der Waals surface area contributed by atoms with Crippen LogP contribution in [0.4, 0.5) is 0 Å². The number of halogens is 2. The summed E-state index contributed by atoms with van der Waals surface area (Å²) in [7, 11) is 1.38. The molecular weight excluding hydrogens is 344 g/mol. The Kier molecular flexibility index (Phi) is 3.99. The third-order valence-corrected chi connectivity index (χ3v) is 4.51. The number of carbonyl (C=O) groups excluding carboxylic acids is 1. The lowest BCUT2D eigenvalue weighted by molar-refractivity contribution is 0.00897. The summed E-state index contributed by atoms with van der Waals surface area (Å²) in [5.74, 6) is -0.525. The van der Waals surface area contributed by atoms with Crippen LogP contribution in [-0.4, -0.2) is 20.5 Å². The van der Waals surface area contributed by atoms with Gasteiger partial charge in [0.2, 0.25) is 0 Å². The zero-order chi connectivity index (χ0) is 13.3. The van der Waals surface area contributed by atoms with Crippen LogP contribution in [0.15, 0.2) is 27.6 Å². The van der Waals surface area contributed by atoms with Gasteiger partial charge in [-0.15, -0.1) is 0 Å². The maximum absolute atomic E-state index is 11.8. The van der Waals surface area contributed by atoms with Crippen molar-refractivity contribution >= 4 is 41.6 Å². The smallest absolute Gasteiger partial charge is 0.338 e. The lowest BCUT2D eigenvalue weighted by atomic mass is 9.96. The maximum atomic E-state index is 11.8. The SMILES string of the molecule is O=C(OC1CCC1)c1cc(Br)cc(S(=O)(=O)Cl)c1. The summed E-state index contributed by atoms with van der Waals surface area (Å²) in [6.07, 6.45) is 2.73. The van der Waals surface area contributed by atoms with Gasteiger partial charge in [0.05, 0.1) is 10.5 Å². The molecule has 98 valence electrons. The molecule has 0 unspecified atom stereocenters. The van der Waals surface area contributed by atoms with E-state index in [1.807, 2.05) is 0 Å². The van der Waals surface area contributed by atoms with Crippen molar-refractivity contribution in [2.75, 3.05) is 0 Å². The Bertz CT molecular complexity index is 581. The summed E-state index contributed by atoms with van der Waals surface area (Å²) in [5, 5.41) is 0. The molecule has 0 spiro atoms. The first-order valence-electron chi connectivity index (χ1n) is 5.32. The molecule has 0 atom stereocenters. The van der Waals surface area contributed by atoms with Gasteiger partial charge in [-0.05, 0) is 37.5 Å². The first-order valence-corrected chi connectivity index (χ1v) is 8.43. The molecule has 2 rings (SSSR count). The van der Waals surface area contributed by atoms with Gasteiger partial charge >= 0.3 is 5.97 Å². The van der Waals surface area contributed by atoms with Crippen LogP contribution in [0.1, 0.15) is 29.6 Å². The van der Waals surface area contributed by atoms with Crippen LogP contribution >= 0.6 is 26.6 Å². The van der Waals surface area contributed by atoms with E-state index in [0.29, 0.717) is 4.47 Å². The van der Waals surface area contributed by atoms with Gasteiger partial charge in [-0.2, -0.15) is 0 Å². The highest BCUT2D eigenvalue weighted by atomic mass is 79.9.